The van der Waals surface area contributed by atoms with E-state index in [-0.39, 0.29) is 46.5 Å². The zero-order valence-electron chi connectivity index (χ0n) is 17.2. The highest BCUT2D eigenvalue weighted by atomic mass is 79.9. The second kappa shape index (κ2) is 7.48. The molecular weight excluding hydrogens is 460 g/mol. The van der Waals surface area contributed by atoms with Crippen LogP contribution in [0.25, 0.3) is 0 Å². The summed E-state index contributed by atoms with van der Waals surface area (Å²) in [6.45, 7) is 3.90. The van der Waals surface area contributed by atoms with Gasteiger partial charge in [0.25, 0.3) is 5.91 Å². The molecule has 2 bridgehead atoms. The van der Waals surface area contributed by atoms with E-state index < -0.39 is 5.92 Å². The molecular formula is C24H23BrN2O4. The van der Waals surface area contributed by atoms with E-state index in [4.69, 9.17) is 4.74 Å². The molecule has 0 aromatic heterocycles. The summed E-state index contributed by atoms with van der Waals surface area (Å²) < 4.78 is 5.49. The molecule has 2 aliphatic carbocycles. The molecule has 3 fully saturated rings. The first kappa shape index (κ1) is 20.2. The zero-order chi connectivity index (χ0) is 21.9. The Morgan fingerprint density at radius 1 is 1.03 bits per heavy atom. The van der Waals surface area contributed by atoms with Crippen molar-refractivity contribution < 1.29 is 19.1 Å². The third-order valence-corrected chi connectivity index (χ3v) is 8.14. The highest BCUT2D eigenvalue weighted by Crippen LogP contribution is 2.60. The van der Waals surface area contributed by atoms with E-state index in [2.05, 4.69) is 26.6 Å². The Hall–Kier alpha value is -2.67. The molecule has 2 saturated carbocycles. The third-order valence-electron chi connectivity index (χ3n) is 6.94. The predicted octanol–water partition coefficient (Wildman–Crippen LogP) is 4.07. The summed E-state index contributed by atoms with van der Waals surface area (Å²) in [6.07, 6.45) is 0.719. The molecule has 2 amide bonds. The van der Waals surface area contributed by atoms with Crippen molar-refractivity contribution >= 4 is 45.1 Å². The molecule has 0 unspecified atom stereocenters. The van der Waals surface area contributed by atoms with Crippen LogP contribution in [0.5, 0.6) is 0 Å². The summed E-state index contributed by atoms with van der Waals surface area (Å²) in [5, 5.41) is 5.89. The van der Waals surface area contributed by atoms with Crippen LogP contribution >= 0.6 is 15.9 Å². The second-order valence-electron chi connectivity index (χ2n) is 8.75. The number of amides is 2. The van der Waals surface area contributed by atoms with Crippen molar-refractivity contribution in [1.82, 2.24) is 0 Å². The number of aryl methyl sites for hydroxylation is 2. The van der Waals surface area contributed by atoms with Crippen LogP contribution in [0, 0.1) is 37.5 Å². The normalized spacial score (nSPS) is 30.2. The lowest BCUT2D eigenvalue weighted by atomic mass is 9.79. The summed E-state index contributed by atoms with van der Waals surface area (Å²) in [4.78, 5) is 38.2. The molecule has 0 spiro atoms. The highest BCUT2D eigenvalue weighted by Gasteiger charge is 2.67. The molecule has 5 rings (SSSR count). The average molecular weight is 483 g/mol. The number of rotatable bonds is 4. The highest BCUT2D eigenvalue weighted by molar-refractivity contribution is 9.09. The van der Waals surface area contributed by atoms with Crippen molar-refractivity contribution in [2.24, 2.45) is 23.7 Å². The lowest BCUT2D eigenvalue weighted by molar-refractivity contribution is -0.145. The van der Waals surface area contributed by atoms with Gasteiger partial charge in [0, 0.05) is 22.9 Å². The fraction of sp³-hybridized carbons (Fsp3) is 0.375. The molecule has 1 heterocycles. The Bertz CT molecular complexity index is 1080. The average Bonchev–Trinajstić information content (AvgIpc) is 3.35. The SMILES string of the molecule is Cc1cccc(C)c1NC(=O)c1cccc(NC(=O)[C@@H]2[C@H]3C[C@H]4[C@H](OC(=O)[C@H]42)[C@@H]3Br)c1. The van der Waals surface area contributed by atoms with E-state index in [1.807, 2.05) is 32.0 Å². The second-order valence-corrected chi connectivity index (χ2v) is 9.81. The van der Waals surface area contributed by atoms with Crippen molar-refractivity contribution in [2.75, 3.05) is 10.6 Å². The number of fused-ring (bicyclic) bond motifs is 1. The number of esters is 1. The summed E-state index contributed by atoms with van der Waals surface area (Å²) in [5.41, 5.74) is 3.75. The minimum Gasteiger partial charge on any atom is -0.461 e. The molecule has 31 heavy (non-hydrogen) atoms. The minimum absolute atomic E-state index is 0.0189. The number of benzene rings is 2. The number of hydrogen-bond donors (Lipinski definition) is 2. The monoisotopic (exact) mass is 482 g/mol. The molecule has 7 heteroatoms. The maximum Gasteiger partial charge on any atom is 0.310 e. The number of para-hydroxylation sites is 1. The Balaban J connectivity index is 1.32. The van der Waals surface area contributed by atoms with Gasteiger partial charge in [-0.1, -0.05) is 40.2 Å². The van der Waals surface area contributed by atoms with Gasteiger partial charge < -0.3 is 15.4 Å². The van der Waals surface area contributed by atoms with Gasteiger partial charge in [-0.25, -0.2) is 0 Å². The Morgan fingerprint density at radius 2 is 1.74 bits per heavy atom. The van der Waals surface area contributed by atoms with Crippen LogP contribution in [-0.4, -0.2) is 28.7 Å². The van der Waals surface area contributed by atoms with Gasteiger partial charge >= 0.3 is 5.97 Å². The fourth-order valence-electron chi connectivity index (χ4n) is 5.49. The maximum absolute atomic E-state index is 13.1. The standard InChI is InChI=1S/C24H23BrN2O4/c1-11-5-3-6-12(2)20(11)27-22(28)13-7-4-8-14(9-13)26-23(29)17-15-10-16-18(17)24(30)31-21(16)19(15)25/h3-9,15-19,21H,10H2,1-2H3,(H,26,29)(H,27,28)/t15-,16-,17-,18-,19-,21+/m1/s1. The van der Waals surface area contributed by atoms with Gasteiger partial charge in [-0.2, -0.15) is 0 Å². The molecule has 6 nitrogen and oxygen atoms in total. The minimum atomic E-state index is -0.410. The van der Waals surface area contributed by atoms with Crippen molar-refractivity contribution in [3.8, 4) is 0 Å². The number of nitrogens with one attached hydrogen (secondary N) is 2. The molecule has 2 aromatic carbocycles. The van der Waals surface area contributed by atoms with Gasteiger partial charge in [-0.3, -0.25) is 14.4 Å². The van der Waals surface area contributed by atoms with Crippen LogP contribution < -0.4 is 10.6 Å². The molecule has 2 N–H and O–H groups in total. The van der Waals surface area contributed by atoms with Gasteiger partial charge in [0.2, 0.25) is 5.91 Å². The Morgan fingerprint density at radius 3 is 2.48 bits per heavy atom. The van der Waals surface area contributed by atoms with Crippen LogP contribution in [-0.2, 0) is 14.3 Å². The topological polar surface area (TPSA) is 84.5 Å². The first-order chi connectivity index (χ1) is 14.8. The predicted molar refractivity (Wildman–Crippen MR) is 120 cm³/mol. The molecule has 0 radical (unpaired) electrons. The van der Waals surface area contributed by atoms with Gasteiger partial charge in [0.15, 0.2) is 0 Å². The van der Waals surface area contributed by atoms with Crippen LogP contribution in [0.2, 0.25) is 0 Å². The molecule has 2 aromatic rings. The summed E-state index contributed by atoms with van der Waals surface area (Å²) in [6, 6.07) is 12.7. The van der Waals surface area contributed by atoms with Gasteiger partial charge in [-0.05, 0) is 55.5 Å². The lowest BCUT2D eigenvalue weighted by Gasteiger charge is -2.27. The number of carbonyl (C=O) groups excluding carboxylic acids is 3. The summed E-state index contributed by atoms with van der Waals surface area (Å²) in [7, 11) is 0. The number of halogens is 1. The molecule has 6 atom stereocenters. The van der Waals surface area contributed by atoms with E-state index >= 15 is 0 Å². The van der Waals surface area contributed by atoms with Gasteiger partial charge in [-0.15, -0.1) is 0 Å². The van der Waals surface area contributed by atoms with Crippen molar-refractivity contribution in [3.05, 3.63) is 59.2 Å². The smallest absolute Gasteiger partial charge is 0.310 e. The van der Waals surface area contributed by atoms with Crippen molar-refractivity contribution in [1.29, 1.82) is 0 Å². The number of ether oxygens (including phenoxy) is 1. The van der Waals surface area contributed by atoms with Crippen LogP contribution in [0.3, 0.4) is 0 Å². The number of alkyl halides is 1. The summed E-state index contributed by atoms with van der Waals surface area (Å²) in [5.74, 6) is -1.26. The van der Waals surface area contributed by atoms with Gasteiger partial charge in [0.05, 0.1) is 16.7 Å². The van der Waals surface area contributed by atoms with E-state index in [1.165, 1.54) is 0 Å². The summed E-state index contributed by atoms with van der Waals surface area (Å²) >= 11 is 3.63. The molecule has 1 saturated heterocycles. The van der Waals surface area contributed by atoms with E-state index in [0.717, 1.165) is 23.2 Å². The van der Waals surface area contributed by atoms with Gasteiger partial charge in [0.1, 0.15) is 6.10 Å². The first-order valence-electron chi connectivity index (χ1n) is 10.5. The molecule has 160 valence electrons. The third kappa shape index (κ3) is 3.26. The number of hydrogen-bond acceptors (Lipinski definition) is 4. The fourth-order valence-corrected chi connectivity index (χ4v) is 6.54. The zero-order valence-corrected chi connectivity index (χ0v) is 18.8. The molecule has 3 aliphatic rings. The Labute approximate surface area is 188 Å². The largest absolute Gasteiger partial charge is 0.461 e. The number of carbonyl (C=O) groups is 3. The van der Waals surface area contributed by atoms with E-state index in [9.17, 15) is 14.4 Å². The first-order valence-corrected chi connectivity index (χ1v) is 11.4. The number of anilines is 2. The van der Waals surface area contributed by atoms with E-state index in [0.29, 0.717) is 11.3 Å². The Kier molecular flexibility index (Phi) is 4.88. The van der Waals surface area contributed by atoms with Crippen LogP contribution in [0.4, 0.5) is 11.4 Å². The van der Waals surface area contributed by atoms with Crippen LogP contribution in [0.15, 0.2) is 42.5 Å². The van der Waals surface area contributed by atoms with Crippen LogP contribution in [0.1, 0.15) is 27.9 Å². The quantitative estimate of drug-likeness (QED) is 0.508. The molecule has 1 aliphatic heterocycles. The van der Waals surface area contributed by atoms with E-state index in [1.54, 1.807) is 24.3 Å². The lowest BCUT2D eigenvalue weighted by Crippen LogP contribution is -2.40. The van der Waals surface area contributed by atoms with Crippen molar-refractivity contribution in [2.45, 2.75) is 31.2 Å². The van der Waals surface area contributed by atoms with Crippen molar-refractivity contribution in [3.63, 3.8) is 0 Å². The maximum atomic E-state index is 13.1.